The van der Waals surface area contributed by atoms with E-state index in [4.69, 9.17) is 11.6 Å². The molecule has 278 valence electrons. The molecule has 0 bridgehead atoms. The van der Waals surface area contributed by atoms with Gasteiger partial charge < -0.3 is 5.32 Å². The van der Waals surface area contributed by atoms with Crippen LogP contribution in [0.5, 0.6) is 0 Å². The minimum absolute atomic E-state index is 0.0242. The van der Waals surface area contributed by atoms with Crippen molar-refractivity contribution in [2.45, 2.75) is 62.8 Å². The van der Waals surface area contributed by atoms with E-state index in [-0.39, 0.29) is 56.9 Å². The smallest absolute Gasteiger partial charge is 0.293 e. The maximum absolute atomic E-state index is 15.3. The fourth-order valence-electron chi connectivity index (χ4n) is 6.69. The Bertz CT molecular complexity index is 2400. The van der Waals surface area contributed by atoms with E-state index in [1.165, 1.54) is 38.2 Å². The standard InChI is InChI=1S/C34H28ClF6N7O4S/c1-14(2)53(51,52)47-33(50)21-8-16(3-4-23(21)35)19-11-24-26(12-42-45-24)44-29(19)25(7-15-5-17(36)9-18(37)6-15)43-27(49)13-48-31-28(30(46-48)32(38)39)20-10-22(20)34(31,40)41/h3-6,8-9,11-12,14,20,22,25,32H,7,10,13H2,1-2H3,(H,42,45)(H,43,49)(H,47,50)/t20-,22+,25-/m0/s1. The molecule has 0 unspecified atom stereocenters. The van der Waals surface area contributed by atoms with E-state index < -0.39 is 86.9 Å². The molecule has 7 rings (SSSR count). The van der Waals surface area contributed by atoms with Gasteiger partial charge in [-0.1, -0.05) is 17.7 Å². The Hall–Kier alpha value is -4.97. The maximum Gasteiger partial charge on any atom is 0.293 e. The number of amides is 2. The third-order valence-corrected chi connectivity index (χ3v) is 11.4. The zero-order valence-electron chi connectivity index (χ0n) is 27.6. The number of nitrogens with zero attached hydrogens (tertiary/aromatic N) is 4. The predicted octanol–water partition coefficient (Wildman–Crippen LogP) is 6.47. The number of fused-ring (bicyclic) bond motifs is 4. The number of carbonyl (C=O) groups is 2. The maximum atomic E-state index is 15.3. The van der Waals surface area contributed by atoms with Crippen molar-refractivity contribution in [3.63, 3.8) is 0 Å². The van der Waals surface area contributed by atoms with Gasteiger partial charge in [0.05, 0.1) is 39.3 Å². The number of alkyl halides is 4. The largest absolute Gasteiger partial charge is 0.346 e. The van der Waals surface area contributed by atoms with Gasteiger partial charge in [0.1, 0.15) is 35.1 Å². The molecule has 0 radical (unpaired) electrons. The molecular weight excluding hydrogens is 752 g/mol. The number of nitrogens with one attached hydrogen (secondary N) is 3. The number of pyridine rings is 1. The lowest BCUT2D eigenvalue weighted by atomic mass is 9.94. The summed E-state index contributed by atoms with van der Waals surface area (Å²) in [5, 5.41) is 12.0. The molecule has 0 saturated heterocycles. The lowest BCUT2D eigenvalue weighted by Gasteiger charge is -2.23. The fourth-order valence-corrected chi connectivity index (χ4v) is 7.50. The van der Waals surface area contributed by atoms with Crippen LogP contribution in [-0.2, 0) is 33.7 Å². The minimum atomic E-state index is -4.07. The Labute approximate surface area is 302 Å². The van der Waals surface area contributed by atoms with E-state index in [0.29, 0.717) is 16.3 Å². The molecule has 3 N–H and O–H groups in total. The summed E-state index contributed by atoms with van der Waals surface area (Å²) in [6, 6.07) is 7.03. The van der Waals surface area contributed by atoms with E-state index in [9.17, 15) is 35.6 Å². The molecular formula is C34H28ClF6N7O4S. The highest BCUT2D eigenvalue weighted by Gasteiger charge is 2.67. The summed E-state index contributed by atoms with van der Waals surface area (Å²) >= 11 is 6.32. The van der Waals surface area contributed by atoms with Gasteiger partial charge in [-0.25, -0.2) is 35.7 Å². The number of H-pyrrole nitrogens is 1. The second-order valence-corrected chi connectivity index (χ2v) is 15.9. The number of rotatable bonds is 11. The Balaban J connectivity index is 1.31. The number of benzene rings is 2. The highest BCUT2D eigenvalue weighted by Crippen LogP contribution is 2.68. The number of aromatic amines is 1. The van der Waals surface area contributed by atoms with Crippen molar-refractivity contribution in [1.82, 2.24) is 35.0 Å². The summed E-state index contributed by atoms with van der Waals surface area (Å²) in [6.45, 7) is 1.84. The van der Waals surface area contributed by atoms with Gasteiger partial charge in [-0.2, -0.15) is 19.0 Å². The summed E-state index contributed by atoms with van der Waals surface area (Å²) in [5.74, 6) is -9.31. The summed E-state index contributed by atoms with van der Waals surface area (Å²) < 4.78 is 115. The number of hydrogen-bond donors (Lipinski definition) is 3. The van der Waals surface area contributed by atoms with E-state index in [2.05, 4.69) is 25.6 Å². The molecule has 53 heavy (non-hydrogen) atoms. The van der Waals surface area contributed by atoms with Gasteiger partial charge in [0.2, 0.25) is 15.9 Å². The third-order valence-electron chi connectivity index (χ3n) is 9.32. The molecule has 2 aromatic carbocycles. The Kier molecular flexibility index (Phi) is 9.03. The second-order valence-electron chi connectivity index (χ2n) is 13.2. The molecule has 2 aliphatic carbocycles. The number of carbonyl (C=O) groups excluding carboxylic acids is 2. The van der Waals surface area contributed by atoms with Crippen molar-refractivity contribution in [3.8, 4) is 11.1 Å². The van der Waals surface area contributed by atoms with Crippen LogP contribution in [0.4, 0.5) is 26.3 Å². The lowest BCUT2D eigenvalue weighted by molar-refractivity contribution is -0.123. The van der Waals surface area contributed by atoms with Gasteiger partial charge in [0, 0.05) is 23.1 Å². The molecule has 3 aromatic heterocycles. The number of hydrogen-bond acceptors (Lipinski definition) is 7. The van der Waals surface area contributed by atoms with Gasteiger partial charge in [0.15, 0.2) is 0 Å². The van der Waals surface area contributed by atoms with E-state index in [1.807, 2.05) is 4.72 Å². The van der Waals surface area contributed by atoms with Gasteiger partial charge in [-0.15, -0.1) is 0 Å². The van der Waals surface area contributed by atoms with Gasteiger partial charge in [-0.05, 0) is 74.1 Å². The lowest BCUT2D eigenvalue weighted by Crippen LogP contribution is -2.36. The minimum Gasteiger partial charge on any atom is -0.346 e. The fraction of sp³-hybridized carbons (Fsp3) is 0.324. The number of sulfonamides is 1. The molecule has 1 fully saturated rings. The summed E-state index contributed by atoms with van der Waals surface area (Å²) in [7, 11) is -4.07. The van der Waals surface area contributed by atoms with Gasteiger partial charge in [-0.3, -0.25) is 19.4 Å². The Morgan fingerprint density at radius 3 is 2.47 bits per heavy atom. The van der Waals surface area contributed by atoms with Crippen molar-refractivity contribution in [2.75, 3.05) is 0 Å². The van der Waals surface area contributed by atoms with Crippen molar-refractivity contribution in [2.24, 2.45) is 5.92 Å². The van der Waals surface area contributed by atoms with Crippen LogP contribution in [0.3, 0.4) is 0 Å². The highest BCUT2D eigenvalue weighted by molar-refractivity contribution is 7.90. The first-order chi connectivity index (χ1) is 24.9. The van der Waals surface area contributed by atoms with Crippen molar-refractivity contribution < 1.29 is 44.3 Å². The molecule has 11 nitrogen and oxygen atoms in total. The van der Waals surface area contributed by atoms with Crippen LogP contribution >= 0.6 is 11.6 Å². The topological polar surface area (TPSA) is 152 Å². The first-order valence-corrected chi connectivity index (χ1v) is 18.1. The number of aromatic nitrogens is 5. The molecule has 3 heterocycles. The van der Waals surface area contributed by atoms with Crippen LogP contribution in [0, 0.1) is 17.6 Å². The Morgan fingerprint density at radius 1 is 1.08 bits per heavy atom. The van der Waals surface area contributed by atoms with E-state index in [1.54, 1.807) is 6.07 Å². The second kappa shape index (κ2) is 13.2. The van der Waals surface area contributed by atoms with Gasteiger partial charge >= 0.3 is 0 Å². The molecule has 2 aliphatic rings. The van der Waals surface area contributed by atoms with Crippen LogP contribution in [0.15, 0.2) is 48.7 Å². The molecule has 0 spiro atoms. The van der Waals surface area contributed by atoms with Crippen LogP contribution in [0.25, 0.3) is 22.2 Å². The van der Waals surface area contributed by atoms with Crippen LogP contribution in [-0.4, -0.2) is 50.4 Å². The molecule has 19 heteroatoms. The van der Waals surface area contributed by atoms with Crippen molar-refractivity contribution in [3.05, 3.63) is 99.1 Å². The van der Waals surface area contributed by atoms with Crippen LogP contribution in [0.2, 0.25) is 5.02 Å². The molecule has 2 amide bonds. The van der Waals surface area contributed by atoms with Gasteiger partial charge in [0.25, 0.3) is 18.3 Å². The summed E-state index contributed by atoms with van der Waals surface area (Å²) in [5.41, 5.74) is -0.870. The quantitative estimate of drug-likeness (QED) is 0.130. The number of halogens is 7. The molecule has 0 aliphatic heterocycles. The molecule has 5 aromatic rings. The van der Waals surface area contributed by atoms with E-state index >= 15 is 8.78 Å². The normalized spacial score (nSPS) is 17.9. The molecule has 1 saturated carbocycles. The SMILES string of the molecule is CC(C)S(=O)(=O)NC(=O)c1cc(-c2cc3[nH]ncc3nc2[C@H](Cc2cc(F)cc(F)c2)NC(=O)Cn2nc(C(F)F)c3c2C(F)(F)[C@@H]2C[C@H]32)ccc1Cl. The highest BCUT2D eigenvalue weighted by atomic mass is 35.5. The first kappa shape index (κ1) is 36.4. The van der Waals surface area contributed by atoms with Crippen LogP contribution < -0.4 is 10.0 Å². The summed E-state index contributed by atoms with van der Waals surface area (Å²) in [4.78, 5) is 31.5. The van der Waals surface area contributed by atoms with Crippen molar-refractivity contribution in [1.29, 1.82) is 0 Å². The van der Waals surface area contributed by atoms with Crippen LogP contribution in [0.1, 0.15) is 77.2 Å². The zero-order chi connectivity index (χ0) is 38.1. The van der Waals surface area contributed by atoms with Crippen molar-refractivity contribution >= 4 is 44.5 Å². The summed E-state index contributed by atoms with van der Waals surface area (Å²) in [6.07, 6.45) is -2.11. The Morgan fingerprint density at radius 2 is 1.79 bits per heavy atom. The zero-order valence-corrected chi connectivity index (χ0v) is 29.2. The monoisotopic (exact) mass is 779 g/mol. The third kappa shape index (κ3) is 6.73. The average Bonchev–Trinajstić information content (AvgIpc) is 3.48. The van der Waals surface area contributed by atoms with E-state index in [0.717, 1.165) is 12.1 Å². The average molecular weight is 780 g/mol. The predicted molar refractivity (Wildman–Crippen MR) is 179 cm³/mol. The molecule has 3 atom stereocenters. The first-order valence-electron chi connectivity index (χ1n) is 16.2.